The highest BCUT2D eigenvalue weighted by atomic mass is 28.4. The highest BCUT2D eigenvalue weighted by molar-refractivity contribution is 6.70. The van der Waals surface area contributed by atoms with E-state index < -0.39 is 16.6 Å². The van der Waals surface area contributed by atoms with E-state index in [2.05, 4.69) is 10.6 Å². The SMILES string of the molecule is C[Si](C)(C)ON=C(NO[Si](C)(C)C)C(=N)N. The van der Waals surface area contributed by atoms with Crippen LogP contribution in [0.4, 0.5) is 0 Å². The van der Waals surface area contributed by atoms with E-state index in [0.717, 1.165) is 0 Å². The lowest BCUT2D eigenvalue weighted by molar-refractivity contribution is 0.246. The van der Waals surface area contributed by atoms with Gasteiger partial charge in [0, 0.05) is 0 Å². The number of rotatable bonds is 4. The van der Waals surface area contributed by atoms with Crippen molar-refractivity contribution in [2.75, 3.05) is 0 Å². The molecule has 0 bridgehead atoms. The van der Waals surface area contributed by atoms with E-state index in [1.807, 2.05) is 39.3 Å². The third-order valence-corrected chi connectivity index (χ3v) is 2.47. The molecular weight excluding hydrogens is 240 g/mol. The van der Waals surface area contributed by atoms with Gasteiger partial charge in [0.25, 0.3) is 8.32 Å². The van der Waals surface area contributed by atoms with Crippen molar-refractivity contribution in [3.8, 4) is 0 Å². The number of hydroxylamine groups is 1. The highest BCUT2D eigenvalue weighted by Gasteiger charge is 2.19. The second kappa shape index (κ2) is 5.46. The third kappa shape index (κ3) is 8.44. The number of nitrogens with zero attached hydrogens (tertiary/aromatic N) is 1. The minimum absolute atomic E-state index is 0.129. The average molecular weight is 262 g/mol. The highest BCUT2D eigenvalue weighted by Crippen LogP contribution is 2.03. The second-order valence-corrected chi connectivity index (χ2v) is 14.2. The molecule has 0 unspecified atom stereocenters. The first-order valence-electron chi connectivity index (χ1n) is 5.06. The Balaban J connectivity index is 4.46. The molecule has 0 aromatic heterocycles. The largest absolute Gasteiger partial charge is 0.454 e. The van der Waals surface area contributed by atoms with Crippen LogP contribution in [-0.2, 0) is 9.05 Å². The molecule has 16 heavy (non-hydrogen) atoms. The van der Waals surface area contributed by atoms with Crippen molar-refractivity contribution in [2.45, 2.75) is 39.3 Å². The first-order valence-corrected chi connectivity index (χ1v) is 11.9. The fourth-order valence-electron chi connectivity index (χ4n) is 0.507. The molecule has 6 nitrogen and oxygen atoms in total. The molecule has 0 spiro atoms. The summed E-state index contributed by atoms with van der Waals surface area (Å²) in [5, 5.41) is 11.1. The van der Waals surface area contributed by atoms with Crippen molar-refractivity contribution in [3.05, 3.63) is 0 Å². The van der Waals surface area contributed by atoms with Crippen LogP contribution < -0.4 is 11.2 Å². The predicted molar refractivity (Wildman–Crippen MR) is 71.3 cm³/mol. The van der Waals surface area contributed by atoms with Gasteiger partial charge in [0.1, 0.15) is 0 Å². The van der Waals surface area contributed by atoms with Crippen LogP contribution in [0, 0.1) is 5.41 Å². The maximum atomic E-state index is 7.32. The zero-order chi connectivity index (χ0) is 13.0. The first kappa shape index (κ1) is 15.1. The minimum atomic E-state index is -1.76. The molecule has 0 heterocycles. The van der Waals surface area contributed by atoms with Crippen LogP contribution in [0.2, 0.25) is 39.3 Å². The summed E-state index contributed by atoms with van der Waals surface area (Å²) in [5.74, 6) is -0.0682. The van der Waals surface area contributed by atoms with Crippen molar-refractivity contribution in [2.24, 2.45) is 10.9 Å². The van der Waals surface area contributed by atoms with Gasteiger partial charge in [0.05, 0.1) is 0 Å². The van der Waals surface area contributed by atoms with Crippen LogP contribution in [0.1, 0.15) is 0 Å². The molecule has 0 fully saturated rings. The molecule has 0 aromatic rings. The Labute approximate surface area is 98.9 Å². The maximum Gasteiger partial charge on any atom is 0.278 e. The molecule has 0 saturated carbocycles. The van der Waals surface area contributed by atoms with E-state index in [4.69, 9.17) is 20.2 Å². The zero-order valence-corrected chi connectivity index (χ0v) is 12.8. The summed E-state index contributed by atoms with van der Waals surface area (Å²) in [6, 6.07) is 0. The summed E-state index contributed by atoms with van der Waals surface area (Å²) < 4.78 is 10.7. The van der Waals surface area contributed by atoms with Gasteiger partial charge in [-0.15, -0.1) is 0 Å². The molecule has 8 heteroatoms. The summed E-state index contributed by atoms with van der Waals surface area (Å²) in [6.45, 7) is 12.0. The van der Waals surface area contributed by atoms with Crippen LogP contribution in [-0.4, -0.2) is 28.3 Å². The van der Waals surface area contributed by atoms with E-state index >= 15 is 0 Å². The Morgan fingerprint density at radius 2 is 1.62 bits per heavy atom. The van der Waals surface area contributed by atoms with E-state index in [1.165, 1.54) is 0 Å². The van der Waals surface area contributed by atoms with Crippen LogP contribution in [0.15, 0.2) is 5.16 Å². The van der Waals surface area contributed by atoms with Gasteiger partial charge in [-0.3, -0.25) is 10.9 Å². The quantitative estimate of drug-likeness (QED) is 0.309. The smallest absolute Gasteiger partial charge is 0.278 e. The third-order valence-electron chi connectivity index (χ3n) is 1.12. The van der Waals surface area contributed by atoms with Gasteiger partial charge in [-0.2, -0.15) is 0 Å². The standard InChI is InChI=1S/C8H22N4O2Si2/c1-15(2,3)13-11-8(7(9)10)12-14-16(4,5)6/h1-6H3,(H3,9,10)(H,11,12). The van der Waals surface area contributed by atoms with Crippen molar-refractivity contribution in [3.63, 3.8) is 0 Å². The molecule has 0 amide bonds. The summed E-state index contributed by atoms with van der Waals surface area (Å²) in [5.41, 5.74) is 7.95. The molecule has 0 saturated heterocycles. The first-order chi connectivity index (χ1) is 7.01. The number of nitrogens with two attached hydrogens (primary N) is 1. The maximum absolute atomic E-state index is 7.32. The lowest BCUT2D eigenvalue weighted by Crippen LogP contribution is -2.43. The second-order valence-electron chi connectivity index (χ2n) is 5.37. The molecule has 4 N–H and O–H groups in total. The average Bonchev–Trinajstić information content (AvgIpc) is 1.98. The summed E-state index contributed by atoms with van der Waals surface area (Å²) in [7, 11) is -3.49. The van der Waals surface area contributed by atoms with E-state index in [9.17, 15) is 0 Å². The molecule has 94 valence electrons. The Kier molecular flexibility index (Phi) is 5.16. The fourth-order valence-corrected chi connectivity index (χ4v) is 1.27. The molecule has 0 radical (unpaired) electrons. The Hall–Kier alpha value is -0.866. The molecule has 0 rings (SSSR count). The minimum Gasteiger partial charge on any atom is -0.454 e. The van der Waals surface area contributed by atoms with Gasteiger partial charge in [0.2, 0.25) is 14.2 Å². The van der Waals surface area contributed by atoms with Crippen LogP contribution in [0.3, 0.4) is 0 Å². The van der Waals surface area contributed by atoms with Crippen molar-refractivity contribution < 1.29 is 9.05 Å². The summed E-state index contributed by atoms with van der Waals surface area (Å²) in [6.07, 6.45) is 0. The summed E-state index contributed by atoms with van der Waals surface area (Å²) in [4.78, 5) is 0. The number of oxime groups is 1. The molecule has 0 atom stereocenters. The molecule has 0 aromatic carbocycles. The van der Waals surface area contributed by atoms with Gasteiger partial charge in [0.15, 0.2) is 5.84 Å². The lowest BCUT2D eigenvalue weighted by atomic mass is 10.6. The van der Waals surface area contributed by atoms with Crippen molar-refractivity contribution >= 4 is 28.3 Å². The summed E-state index contributed by atoms with van der Waals surface area (Å²) >= 11 is 0. The normalized spacial score (nSPS) is 13.5. The molecular formula is C8H22N4O2Si2. The Morgan fingerprint density at radius 1 is 1.12 bits per heavy atom. The van der Waals surface area contributed by atoms with E-state index in [0.29, 0.717) is 0 Å². The number of nitrogens with one attached hydrogen (secondary N) is 2. The molecule has 0 aliphatic heterocycles. The van der Waals surface area contributed by atoms with Crippen molar-refractivity contribution in [1.82, 2.24) is 5.48 Å². The van der Waals surface area contributed by atoms with Gasteiger partial charge in [-0.25, -0.2) is 0 Å². The monoisotopic (exact) mass is 262 g/mol. The van der Waals surface area contributed by atoms with Gasteiger partial charge in [-0.05, 0) is 39.3 Å². The predicted octanol–water partition coefficient (Wildman–Crippen LogP) is 1.44. The van der Waals surface area contributed by atoms with Gasteiger partial charge in [-0.1, -0.05) is 5.16 Å². The number of hydrogen-bond donors (Lipinski definition) is 3. The van der Waals surface area contributed by atoms with Crippen LogP contribution in [0.5, 0.6) is 0 Å². The molecule has 0 aliphatic carbocycles. The number of hydrogen-bond acceptors (Lipinski definition) is 4. The Morgan fingerprint density at radius 3 is 1.94 bits per heavy atom. The van der Waals surface area contributed by atoms with Gasteiger partial charge >= 0.3 is 0 Å². The van der Waals surface area contributed by atoms with Crippen LogP contribution >= 0.6 is 0 Å². The topological polar surface area (TPSA) is 92.7 Å². The van der Waals surface area contributed by atoms with Crippen LogP contribution in [0.25, 0.3) is 0 Å². The zero-order valence-electron chi connectivity index (χ0n) is 10.8. The van der Waals surface area contributed by atoms with Crippen molar-refractivity contribution in [1.29, 1.82) is 5.41 Å². The lowest BCUT2D eigenvalue weighted by Gasteiger charge is -2.19. The fraction of sp³-hybridized carbons (Fsp3) is 0.750. The number of amidine groups is 2. The van der Waals surface area contributed by atoms with E-state index in [-0.39, 0.29) is 11.7 Å². The Bertz CT molecular complexity index is 281. The van der Waals surface area contributed by atoms with Gasteiger partial charge < -0.3 is 14.8 Å². The van der Waals surface area contributed by atoms with E-state index in [1.54, 1.807) is 0 Å². The molecule has 0 aliphatic rings.